The van der Waals surface area contributed by atoms with Crippen molar-refractivity contribution in [3.63, 3.8) is 0 Å². The molecule has 2 fully saturated rings. The van der Waals surface area contributed by atoms with Crippen molar-refractivity contribution in [2.24, 2.45) is 0 Å². The van der Waals surface area contributed by atoms with Gasteiger partial charge < -0.3 is 10.0 Å². The first-order chi connectivity index (χ1) is 11.4. The lowest BCUT2D eigenvalue weighted by atomic mass is 9.99. The Bertz CT molecular complexity index is 638. The predicted molar refractivity (Wildman–Crippen MR) is 92.6 cm³/mol. The summed E-state index contributed by atoms with van der Waals surface area (Å²) in [6.45, 7) is 4.83. The van der Waals surface area contributed by atoms with Crippen molar-refractivity contribution in [2.45, 2.75) is 57.2 Å². The van der Waals surface area contributed by atoms with Gasteiger partial charge in [-0.3, -0.25) is 9.69 Å². The van der Waals surface area contributed by atoms with Crippen LogP contribution in [0.5, 0.6) is 0 Å². The minimum absolute atomic E-state index is 0.113. The lowest BCUT2D eigenvalue weighted by molar-refractivity contribution is -0.127. The van der Waals surface area contributed by atoms with E-state index < -0.39 is 5.60 Å². The zero-order valence-electron chi connectivity index (χ0n) is 14.4. The highest BCUT2D eigenvalue weighted by molar-refractivity contribution is 5.98. The largest absolute Gasteiger partial charge is 0.389 e. The van der Waals surface area contributed by atoms with Crippen LogP contribution in [-0.4, -0.2) is 46.7 Å². The third kappa shape index (κ3) is 3.77. The molecule has 0 bridgehead atoms. The highest BCUT2D eigenvalue weighted by atomic mass is 16.3. The Labute approximate surface area is 143 Å². The second-order valence-electron chi connectivity index (χ2n) is 7.52. The van der Waals surface area contributed by atoms with E-state index in [1.54, 1.807) is 26.0 Å². The third-order valence-corrected chi connectivity index (χ3v) is 4.70. The Balaban J connectivity index is 1.79. The number of hydrogen-bond donors (Lipinski definition) is 1. The van der Waals surface area contributed by atoms with Gasteiger partial charge in [-0.15, -0.1) is 0 Å². The van der Waals surface area contributed by atoms with E-state index in [0.717, 1.165) is 31.4 Å². The van der Waals surface area contributed by atoms with Gasteiger partial charge in [0.15, 0.2) is 0 Å². The van der Waals surface area contributed by atoms with Crippen LogP contribution in [0.2, 0.25) is 0 Å². The van der Waals surface area contributed by atoms with E-state index >= 15 is 0 Å². The van der Waals surface area contributed by atoms with Gasteiger partial charge in [0.2, 0.25) is 5.91 Å². The van der Waals surface area contributed by atoms with Crippen molar-refractivity contribution < 1.29 is 9.90 Å². The molecular formula is C19H25N3O2. The Morgan fingerprint density at radius 1 is 1.29 bits per heavy atom. The summed E-state index contributed by atoms with van der Waals surface area (Å²) < 4.78 is 0. The molecule has 1 saturated heterocycles. The number of benzene rings is 1. The van der Waals surface area contributed by atoms with Crippen molar-refractivity contribution in [1.29, 1.82) is 5.26 Å². The average molecular weight is 327 g/mol. The molecule has 1 aliphatic carbocycles. The average Bonchev–Trinajstić information content (AvgIpc) is 3.37. The fraction of sp³-hybridized carbons (Fsp3) is 0.579. The molecule has 1 N–H and O–H groups in total. The summed E-state index contributed by atoms with van der Waals surface area (Å²) in [7, 11) is 0. The molecule has 1 aromatic rings. The van der Waals surface area contributed by atoms with Gasteiger partial charge in [-0.2, -0.15) is 5.26 Å². The predicted octanol–water partition coefficient (Wildman–Crippen LogP) is 2.29. The zero-order chi connectivity index (χ0) is 17.3. The molecule has 24 heavy (non-hydrogen) atoms. The fourth-order valence-corrected chi connectivity index (χ4v) is 3.48. The van der Waals surface area contributed by atoms with E-state index in [2.05, 4.69) is 11.0 Å². The Morgan fingerprint density at radius 2 is 1.96 bits per heavy atom. The number of aliphatic hydroxyl groups is 1. The van der Waals surface area contributed by atoms with Crippen molar-refractivity contribution in [3.05, 3.63) is 29.8 Å². The van der Waals surface area contributed by atoms with Gasteiger partial charge in [0, 0.05) is 24.8 Å². The molecule has 1 heterocycles. The van der Waals surface area contributed by atoms with Crippen LogP contribution >= 0.6 is 0 Å². The van der Waals surface area contributed by atoms with Crippen molar-refractivity contribution in [3.8, 4) is 6.07 Å². The number of rotatable bonds is 5. The molecule has 0 spiro atoms. The molecule has 1 saturated carbocycles. The number of carbonyl (C=O) groups is 1. The molecule has 1 aromatic carbocycles. The monoisotopic (exact) mass is 327 g/mol. The Kier molecular flexibility index (Phi) is 4.62. The molecule has 1 aliphatic heterocycles. The van der Waals surface area contributed by atoms with Gasteiger partial charge in [-0.05, 0) is 63.8 Å². The molecule has 2 aliphatic rings. The number of nitriles is 1. The molecule has 5 heteroatoms. The summed E-state index contributed by atoms with van der Waals surface area (Å²) in [5, 5.41) is 19.1. The molecule has 1 unspecified atom stereocenters. The number of carbonyl (C=O) groups excluding carboxylic acids is 1. The van der Waals surface area contributed by atoms with Gasteiger partial charge in [0.25, 0.3) is 0 Å². The van der Waals surface area contributed by atoms with Crippen molar-refractivity contribution in [1.82, 2.24) is 4.90 Å². The first-order valence-corrected chi connectivity index (χ1v) is 8.69. The molecule has 3 rings (SSSR count). The van der Waals surface area contributed by atoms with Gasteiger partial charge in [-0.1, -0.05) is 0 Å². The van der Waals surface area contributed by atoms with E-state index in [-0.39, 0.29) is 11.9 Å². The van der Waals surface area contributed by atoms with Crippen LogP contribution in [0.15, 0.2) is 24.3 Å². The van der Waals surface area contributed by atoms with E-state index in [4.69, 9.17) is 5.26 Å². The lowest BCUT2D eigenvalue weighted by Gasteiger charge is -2.40. The summed E-state index contributed by atoms with van der Waals surface area (Å²) in [5.41, 5.74) is 0.642. The molecule has 0 aromatic heterocycles. The maximum absolute atomic E-state index is 13.1. The normalized spacial score (nSPS) is 21.9. The lowest BCUT2D eigenvalue weighted by Crippen LogP contribution is -2.56. The summed E-state index contributed by atoms with van der Waals surface area (Å²) >= 11 is 0. The topological polar surface area (TPSA) is 67.6 Å². The van der Waals surface area contributed by atoms with Crippen molar-refractivity contribution in [2.75, 3.05) is 18.0 Å². The van der Waals surface area contributed by atoms with Crippen LogP contribution < -0.4 is 4.90 Å². The second-order valence-corrected chi connectivity index (χ2v) is 7.52. The SMILES string of the molecule is CC(C)(O)CN(C1CC1)C1CCCN(c2ccc(C#N)cc2)C1=O. The van der Waals surface area contributed by atoms with Gasteiger partial charge in [0.05, 0.1) is 23.3 Å². The maximum atomic E-state index is 13.1. The fourth-order valence-electron chi connectivity index (χ4n) is 3.48. The van der Waals surface area contributed by atoms with E-state index in [0.29, 0.717) is 24.7 Å². The molecule has 1 amide bonds. The molecule has 128 valence electrons. The quantitative estimate of drug-likeness (QED) is 0.901. The van der Waals surface area contributed by atoms with Gasteiger partial charge in [-0.25, -0.2) is 0 Å². The highest BCUT2D eigenvalue weighted by Gasteiger charge is 2.42. The van der Waals surface area contributed by atoms with Gasteiger partial charge in [0.1, 0.15) is 0 Å². The standard InChI is InChI=1S/C19H25N3O2/c1-19(2,24)13-22(16-9-10-16)17-4-3-11-21(18(17)23)15-7-5-14(12-20)6-8-15/h5-8,16-17,24H,3-4,9-11,13H2,1-2H3. The van der Waals surface area contributed by atoms with Gasteiger partial charge >= 0.3 is 0 Å². The molecule has 1 atom stereocenters. The van der Waals surface area contributed by atoms with Crippen LogP contribution in [0.3, 0.4) is 0 Å². The number of piperidine rings is 1. The zero-order valence-corrected chi connectivity index (χ0v) is 14.4. The van der Waals surface area contributed by atoms with E-state index in [9.17, 15) is 9.90 Å². The molecular weight excluding hydrogens is 302 g/mol. The van der Waals surface area contributed by atoms with Crippen molar-refractivity contribution >= 4 is 11.6 Å². The van der Waals surface area contributed by atoms with E-state index in [1.807, 2.05) is 17.0 Å². The maximum Gasteiger partial charge on any atom is 0.244 e. The Hall–Kier alpha value is -1.90. The minimum Gasteiger partial charge on any atom is -0.389 e. The molecule has 5 nitrogen and oxygen atoms in total. The summed E-state index contributed by atoms with van der Waals surface area (Å²) in [5.74, 6) is 0.113. The number of hydrogen-bond acceptors (Lipinski definition) is 4. The summed E-state index contributed by atoms with van der Waals surface area (Å²) in [6, 6.07) is 9.56. The number of anilines is 1. The second kappa shape index (κ2) is 6.54. The van der Waals surface area contributed by atoms with Crippen LogP contribution in [0.25, 0.3) is 0 Å². The summed E-state index contributed by atoms with van der Waals surface area (Å²) in [4.78, 5) is 17.1. The Morgan fingerprint density at radius 3 is 2.50 bits per heavy atom. The highest BCUT2D eigenvalue weighted by Crippen LogP contribution is 2.34. The number of nitrogens with zero attached hydrogens (tertiary/aromatic N) is 3. The van der Waals surface area contributed by atoms with E-state index in [1.165, 1.54) is 0 Å². The van der Waals surface area contributed by atoms with Crippen LogP contribution in [0, 0.1) is 11.3 Å². The first kappa shape index (κ1) is 16.9. The van der Waals surface area contributed by atoms with Crippen LogP contribution in [-0.2, 0) is 4.79 Å². The van der Waals surface area contributed by atoms with Crippen LogP contribution in [0.4, 0.5) is 5.69 Å². The molecule has 0 radical (unpaired) electrons. The van der Waals surface area contributed by atoms with Crippen LogP contribution in [0.1, 0.15) is 45.1 Å². The summed E-state index contributed by atoms with van der Waals surface area (Å²) in [6.07, 6.45) is 4.01. The smallest absolute Gasteiger partial charge is 0.244 e. The number of amides is 1. The third-order valence-electron chi connectivity index (χ3n) is 4.70. The first-order valence-electron chi connectivity index (χ1n) is 8.69. The minimum atomic E-state index is -0.806.